The first-order valence-electron chi connectivity index (χ1n) is 7.87. The maximum atomic E-state index is 13.1. The van der Waals surface area contributed by atoms with Crippen LogP contribution in [-0.2, 0) is 0 Å². The van der Waals surface area contributed by atoms with E-state index in [0.717, 1.165) is 30.5 Å². The molecule has 0 amide bonds. The van der Waals surface area contributed by atoms with Crippen LogP contribution in [0.15, 0.2) is 48.5 Å². The second-order valence-corrected chi connectivity index (χ2v) is 6.13. The Bertz CT molecular complexity index is 608. The average molecular weight is 299 g/mol. The Kier molecular flexibility index (Phi) is 4.55. The number of rotatable bonds is 4. The Labute approximate surface area is 131 Å². The van der Waals surface area contributed by atoms with Gasteiger partial charge in [0.15, 0.2) is 0 Å². The van der Waals surface area contributed by atoms with Crippen LogP contribution in [0.5, 0.6) is 0 Å². The van der Waals surface area contributed by atoms with Gasteiger partial charge in [0, 0.05) is 12.6 Å². The molecule has 0 aromatic heterocycles. The first-order chi connectivity index (χ1) is 10.6. The normalized spacial score (nSPS) is 20.2. The second kappa shape index (κ2) is 6.59. The maximum absolute atomic E-state index is 13.1. The highest BCUT2D eigenvalue weighted by atomic mass is 19.1. The minimum atomic E-state index is -0.485. The average Bonchev–Trinajstić information content (AvgIpc) is 2.97. The summed E-state index contributed by atoms with van der Waals surface area (Å²) in [6, 6.07) is 15.1. The Hall–Kier alpha value is -1.71. The Morgan fingerprint density at radius 2 is 1.82 bits per heavy atom. The summed E-state index contributed by atoms with van der Waals surface area (Å²) < 4.78 is 13.1. The van der Waals surface area contributed by atoms with Gasteiger partial charge in [-0.2, -0.15) is 0 Å². The van der Waals surface area contributed by atoms with Gasteiger partial charge in [0.25, 0.3) is 0 Å². The quantitative estimate of drug-likeness (QED) is 0.922. The van der Waals surface area contributed by atoms with Crippen LogP contribution in [0.25, 0.3) is 0 Å². The molecule has 2 aromatic rings. The SMILES string of the molecule is Cc1ccc([C@@H](O)CN2CCC[C@@H]2c2ccc(F)cc2)cc1. The number of β-amino-alcohol motifs (C(OH)–C–C–N with tert-alkyl or cyclic N) is 1. The number of nitrogens with zero attached hydrogens (tertiary/aromatic N) is 1. The van der Waals surface area contributed by atoms with Crippen molar-refractivity contribution in [1.82, 2.24) is 4.90 Å². The van der Waals surface area contributed by atoms with Crippen molar-refractivity contribution in [3.8, 4) is 0 Å². The van der Waals surface area contributed by atoms with Crippen LogP contribution in [0.4, 0.5) is 4.39 Å². The van der Waals surface area contributed by atoms with E-state index >= 15 is 0 Å². The van der Waals surface area contributed by atoms with Crippen LogP contribution in [0.3, 0.4) is 0 Å². The summed E-state index contributed by atoms with van der Waals surface area (Å²) in [7, 11) is 0. The van der Waals surface area contributed by atoms with Crippen molar-refractivity contribution in [3.63, 3.8) is 0 Å². The van der Waals surface area contributed by atoms with Gasteiger partial charge in [0.05, 0.1) is 6.10 Å². The van der Waals surface area contributed by atoms with E-state index in [1.807, 2.05) is 43.3 Å². The highest BCUT2D eigenvalue weighted by Crippen LogP contribution is 2.33. The molecule has 1 heterocycles. The van der Waals surface area contributed by atoms with Gasteiger partial charge in [-0.3, -0.25) is 4.90 Å². The van der Waals surface area contributed by atoms with Crippen molar-refractivity contribution in [2.45, 2.75) is 31.9 Å². The molecule has 0 saturated carbocycles. The number of aryl methyl sites for hydroxylation is 1. The van der Waals surface area contributed by atoms with Gasteiger partial charge in [-0.1, -0.05) is 42.0 Å². The highest BCUT2D eigenvalue weighted by Gasteiger charge is 2.27. The maximum Gasteiger partial charge on any atom is 0.123 e. The minimum Gasteiger partial charge on any atom is -0.387 e. The largest absolute Gasteiger partial charge is 0.387 e. The fraction of sp³-hybridized carbons (Fsp3) is 0.368. The van der Waals surface area contributed by atoms with Crippen molar-refractivity contribution >= 4 is 0 Å². The van der Waals surface area contributed by atoms with Gasteiger partial charge in [-0.05, 0) is 49.6 Å². The molecule has 1 fully saturated rings. The topological polar surface area (TPSA) is 23.5 Å². The Morgan fingerprint density at radius 3 is 2.50 bits per heavy atom. The van der Waals surface area contributed by atoms with E-state index in [-0.39, 0.29) is 11.9 Å². The van der Waals surface area contributed by atoms with Crippen molar-refractivity contribution in [2.24, 2.45) is 0 Å². The van der Waals surface area contributed by atoms with Crippen LogP contribution in [0, 0.1) is 12.7 Å². The zero-order chi connectivity index (χ0) is 15.5. The molecule has 1 aliphatic heterocycles. The van der Waals surface area contributed by atoms with Gasteiger partial charge >= 0.3 is 0 Å². The molecule has 1 aliphatic rings. The summed E-state index contributed by atoms with van der Waals surface area (Å²) in [6.45, 7) is 3.64. The highest BCUT2D eigenvalue weighted by molar-refractivity contribution is 5.24. The van der Waals surface area contributed by atoms with E-state index in [4.69, 9.17) is 0 Å². The van der Waals surface area contributed by atoms with E-state index in [1.165, 1.54) is 17.7 Å². The van der Waals surface area contributed by atoms with Crippen molar-refractivity contribution < 1.29 is 9.50 Å². The second-order valence-electron chi connectivity index (χ2n) is 6.13. The van der Waals surface area contributed by atoms with Gasteiger partial charge in [-0.15, -0.1) is 0 Å². The molecular formula is C19H22FNO. The Morgan fingerprint density at radius 1 is 1.14 bits per heavy atom. The summed E-state index contributed by atoms with van der Waals surface area (Å²) in [5.41, 5.74) is 3.28. The van der Waals surface area contributed by atoms with Gasteiger partial charge in [0.2, 0.25) is 0 Å². The molecule has 0 radical (unpaired) electrons. The lowest BCUT2D eigenvalue weighted by atomic mass is 10.0. The molecule has 116 valence electrons. The number of benzene rings is 2. The minimum absolute atomic E-state index is 0.201. The summed E-state index contributed by atoms with van der Waals surface area (Å²) in [5.74, 6) is -0.201. The monoisotopic (exact) mass is 299 g/mol. The molecule has 0 bridgehead atoms. The third kappa shape index (κ3) is 3.37. The lowest BCUT2D eigenvalue weighted by molar-refractivity contribution is 0.106. The van der Waals surface area contributed by atoms with E-state index in [2.05, 4.69) is 4.90 Å². The molecule has 1 N–H and O–H groups in total. The Balaban J connectivity index is 1.70. The molecule has 2 nitrogen and oxygen atoms in total. The standard InChI is InChI=1S/C19H22FNO/c1-14-4-6-16(7-5-14)19(22)13-21-12-2-3-18(21)15-8-10-17(20)11-9-15/h4-11,18-19,22H,2-3,12-13H2,1H3/t18-,19+/m1/s1. The van der Waals surface area contributed by atoms with Crippen molar-refractivity contribution in [1.29, 1.82) is 0 Å². The molecule has 3 rings (SSSR count). The predicted octanol–water partition coefficient (Wildman–Crippen LogP) is 4.00. The van der Waals surface area contributed by atoms with Gasteiger partial charge in [-0.25, -0.2) is 4.39 Å². The molecule has 2 atom stereocenters. The van der Waals surface area contributed by atoms with Crippen LogP contribution < -0.4 is 0 Å². The van der Waals surface area contributed by atoms with Crippen LogP contribution in [0.1, 0.15) is 41.7 Å². The summed E-state index contributed by atoms with van der Waals surface area (Å²) in [4.78, 5) is 2.30. The molecular weight excluding hydrogens is 277 g/mol. The molecule has 0 aliphatic carbocycles. The molecule has 1 saturated heterocycles. The third-order valence-corrected chi connectivity index (χ3v) is 4.49. The van der Waals surface area contributed by atoms with Gasteiger partial charge < -0.3 is 5.11 Å². The van der Waals surface area contributed by atoms with Crippen LogP contribution >= 0.6 is 0 Å². The number of aliphatic hydroxyl groups is 1. The molecule has 2 aromatic carbocycles. The van der Waals surface area contributed by atoms with Crippen LogP contribution in [0.2, 0.25) is 0 Å². The van der Waals surface area contributed by atoms with E-state index in [0.29, 0.717) is 6.54 Å². The zero-order valence-corrected chi connectivity index (χ0v) is 12.9. The zero-order valence-electron chi connectivity index (χ0n) is 12.9. The predicted molar refractivity (Wildman–Crippen MR) is 86.1 cm³/mol. The number of aliphatic hydroxyl groups excluding tert-OH is 1. The molecule has 0 spiro atoms. The van der Waals surface area contributed by atoms with E-state index in [9.17, 15) is 9.50 Å². The van der Waals surface area contributed by atoms with E-state index < -0.39 is 6.10 Å². The van der Waals surface area contributed by atoms with Gasteiger partial charge in [0.1, 0.15) is 5.82 Å². The third-order valence-electron chi connectivity index (χ3n) is 4.49. The lowest BCUT2D eigenvalue weighted by Crippen LogP contribution is -2.28. The van der Waals surface area contributed by atoms with Crippen LogP contribution in [-0.4, -0.2) is 23.1 Å². The lowest BCUT2D eigenvalue weighted by Gasteiger charge is -2.27. The van der Waals surface area contributed by atoms with E-state index in [1.54, 1.807) is 0 Å². The number of likely N-dealkylation sites (tertiary alicyclic amines) is 1. The summed E-state index contributed by atoms with van der Waals surface area (Å²) in [6.07, 6.45) is 1.69. The molecule has 22 heavy (non-hydrogen) atoms. The van der Waals surface area contributed by atoms with Crippen molar-refractivity contribution in [2.75, 3.05) is 13.1 Å². The first-order valence-corrected chi connectivity index (χ1v) is 7.87. The summed E-state index contributed by atoms with van der Waals surface area (Å²) >= 11 is 0. The first kappa shape index (κ1) is 15.2. The number of hydrogen-bond donors (Lipinski definition) is 1. The fourth-order valence-electron chi connectivity index (χ4n) is 3.22. The number of hydrogen-bond acceptors (Lipinski definition) is 2. The fourth-order valence-corrected chi connectivity index (χ4v) is 3.22. The summed E-state index contributed by atoms with van der Waals surface area (Å²) in [5, 5.41) is 10.5. The smallest absolute Gasteiger partial charge is 0.123 e. The number of halogens is 1. The molecule has 0 unspecified atom stereocenters. The van der Waals surface area contributed by atoms with Crippen molar-refractivity contribution in [3.05, 3.63) is 71.0 Å². The molecule has 3 heteroatoms.